The van der Waals surface area contributed by atoms with E-state index in [1.807, 2.05) is 36.6 Å². The third-order valence-corrected chi connectivity index (χ3v) is 6.30. The Hall–Kier alpha value is -3.16. The summed E-state index contributed by atoms with van der Waals surface area (Å²) in [5, 5.41) is 9.84. The van der Waals surface area contributed by atoms with Crippen molar-refractivity contribution in [2.24, 2.45) is 0 Å². The Balaban J connectivity index is 1.48. The fourth-order valence-electron chi connectivity index (χ4n) is 3.55. The van der Waals surface area contributed by atoms with E-state index >= 15 is 0 Å². The Bertz CT molecular complexity index is 1200. The Morgan fingerprint density at radius 2 is 1.75 bits per heavy atom. The molecule has 0 spiro atoms. The SMILES string of the molecule is Cc1cc(/C=C2\SC(=O)N(CCOc3ccc(Cl)cc3)C2=O)c(C)n1-c1ccc(O)cc1. The lowest BCUT2D eigenvalue weighted by molar-refractivity contribution is -0.123. The van der Waals surface area contributed by atoms with Crippen molar-refractivity contribution in [3.63, 3.8) is 0 Å². The second-order valence-electron chi connectivity index (χ2n) is 7.31. The van der Waals surface area contributed by atoms with Gasteiger partial charge in [-0.1, -0.05) is 11.6 Å². The molecular weight excluding hydrogens is 448 g/mol. The third kappa shape index (κ3) is 4.54. The number of phenolic OH excluding ortho intramolecular Hbond substituents is 1. The first kappa shape index (κ1) is 22.0. The molecular formula is C24H21ClN2O4S. The highest BCUT2D eigenvalue weighted by Crippen LogP contribution is 2.33. The van der Waals surface area contributed by atoms with Crippen LogP contribution in [0.2, 0.25) is 5.02 Å². The smallest absolute Gasteiger partial charge is 0.293 e. The van der Waals surface area contributed by atoms with E-state index in [4.69, 9.17) is 16.3 Å². The van der Waals surface area contributed by atoms with Crippen molar-refractivity contribution < 1.29 is 19.4 Å². The Labute approximate surface area is 195 Å². The number of aromatic nitrogens is 1. The monoisotopic (exact) mass is 468 g/mol. The topological polar surface area (TPSA) is 71.8 Å². The molecule has 2 heterocycles. The lowest BCUT2D eigenvalue weighted by Gasteiger charge is -2.13. The zero-order valence-corrected chi connectivity index (χ0v) is 19.1. The second kappa shape index (κ2) is 9.14. The van der Waals surface area contributed by atoms with Gasteiger partial charge in [-0.2, -0.15) is 0 Å². The summed E-state index contributed by atoms with van der Waals surface area (Å²) >= 11 is 6.79. The molecule has 6 nitrogen and oxygen atoms in total. The predicted octanol–water partition coefficient (Wildman–Crippen LogP) is 5.57. The molecule has 2 amide bonds. The molecule has 1 aliphatic rings. The van der Waals surface area contributed by atoms with Gasteiger partial charge in [0.15, 0.2) is 0 Å². The summed E-state index contributed by atoms with van der Waals surface area (Å²) in [6, 6.07) is 15.8. The number of nitrogens with zero attached hydrogens (tertiary/aromatic N) is 2. The van der Waals surface area contributed by atoms with E-state index in [1.54, 1.807) is 42.5 Å². The molecule has 0 unspecified atom stereocenters. The quantitative estimate of drug-likeness (QED) is 0.479. The Kier molecular flexibility index (Phi) is 6.30. The molecule has 2 aromatic carbocycles. The van der Waals surface area contributed by atoms with Crippen molar-refractivity contribution in [2.75, 3.05) is 13.2 Å². The first-order chi connectivity index (χ1) is 15.3. The molecule has 1 aliphatic heterocycles. The summed E-state index contributed by atoms with van der Waals surface area (Å²) < 4.78 is 7.65. The lowest BCUT2D eigenvalue weighted by Crippen LogP contribution is -2.32. The van der Waals surface area contributed by atoms with Crippen LogP contribution in [0.15, 0.2) is 59.5 Å². The zero-order chi connectivity index (χ0) is 22.8. The van der Waals surface area contributed by atoms with Crippen molar-refractivity contribution in [1.82, 2.24) is 9.47 Å². The Morgan fingerprint density at radius 3 is 2.44 bits per heavy atom. The van der Waals surface area contributed by atoms with Gasteiger partial charge in [-0.3, -0.25) is 14.5 Å². The molecule has 164 valence electrons. The van der Waals surface area contributed by atoms with E-state index in [0.29, 0.717) is 15.7 Å². The number of imide groups is 1. The Morgan fingerprint density at radius 1 is 1.06 bits per heavy atom. The minimum absolute atomic E-state index is 0.164. The van der Waals surface area contributed by atoms with Crippen molar-refractivity contribution in [2.45, 2.75) is 13.8 Å². The average Bonchev–Trinajstić information content (AvgIpc) is 3.19. The van der Waals surface area contributed by atoms with E-state index in [0.717, 1.165) is 34.4 Å². The standard InChI is InChI=1S/C24H21ClN2O4S/c1-15-13-17(16(2)27(15)19-5-7-20(28)8-6-19)14-22-23(29)26(24(30)32-22)11-12-31-21-9-3-18(25)4-10-21/h3-10,13-14,28H,11-12H2,1-2H3/b22-14-. The van der Waals surface area contributed by atoms with Crippen LogP contribution in [0.4, 0.5) is 4.79 Å². The van der Waals surface area contributed by atoms with Crippen LogP contribution in [-0.2, 0) is 4.79 Å². The van der Waals surface area contributed by atoms with E-state index < -0.39 is 0 Å². The van der Waals surface area contributed by atoms with Crippen LogP contribution >= 0.6 is 23.4 Å². The van der Waals surface area contributed by atoms with Gasteiger partial charge < -0.3 is 14.4 Å². The molecule has 0 radical (unpaired) electrons. The maximum absolute atomic E-state index is 12.8. The van der Waals surface area contributed by atoms with Crippen molar-refractivity contribution >= 4 is 40.6 Å². The fraction of sp³-hybridized carbons (Fsp3) is 0.167. The van der Waals surface area contributed by atoms with Gasteiger partial charge in [0.1, 0.15) is 18.1 Å². The van der Waals surface area contributed by atoms with E-state index in [1.165, 1.54) is 4.90 Å². The minimum atomic E-state index is -0.325. The van der Waals surface area contributed by atoms with Crippen LogP contribution in [0.5, 0.6) is 11.5 Å². The number of aromatic hydroxyl groups is 1. The maximum atomic E-state index is 12.8. The van der Waals surface area contributed by atoms with Crippen molar-refractivity contribution in [3.8, 4) is 17.2 Å². The zero-order valence-electron chi connectivity index (χ0n) is 17.5. The van der Waals surface area contributed by atoms with E-state index in [9.17, 15) is 14.7 Å². The minimum Gasteiger partial charge on any atom is -0.508 e. The van der Waals surface area contributed by atoms with E-state index in [-0.39, 0.29) is 30.0 Å². The number of benzene rings is 2. The molecule has 1 aromatic heterocycles. The molecule has 0 bridgehead atoms. The third-order valence-electron chi connectivity index (χ3n) is 5.14. The number of thioether (sulfide) groups is 1. The van der Waals surface area contributed by atoms with Crippen LogP contribution < -0.4 is 4.74 Å². The van der Waals surface area contributed by atoms with Crippen molar-refractivity contribution in [1.29, 1.82) is 0 Å². The number of phenols is 1. The fourth-order valence-corrected chi connectivity index (χ4v) is 4.53. The van der Waals surface area contributed by atoms with Crippen LogP contribution in [0.3, 0.4) is 0 Å². The van der Waals surface area contributed by atoms with Gasteiger partial charge in [0, 0.05) is 22.1 Å². The number of aryl methyl sites for hydroxylation is 1. The molecule has 3 aromatic rings. The van der Waals surface area contributed by atoms with Gasteiger partial charge >= 0.3 is 0 Å². The molecule has 32 heavy (non-hydrogen) atoms. The largest absolute Gasteiger partial charge is 0.508 e. The molecule has 1 N–H and O–H groups in total. The lowest BCUT2D eigenvalue weighted by atomic mass is 10.2. The summed E-state index contributed by atoms with van der Waals surface area (Å²) in [5.41, 5.74) is 3.68. The molecule has 0 atom stereocenters. The molecule has 0 aliphatic carbocycles. The van der Waals surface area contributed by atoms with Gasteiger partial charge in [-0.25, -0.2) is 0 Å². The number of rotatable bonds is 6. The summed E-state index contributed by atoms with van der Waals surface area (Å²) in [6.07, 6.45) is 1.75. The first-order valence-electron chi connectivity index (χ1n) is 9.95. The second-order valence-corrected chi connectivity index (χ2v) is 8.74. The molecule has 1 fully saturated rings. The number of carbonyl (C=O) groups excluding carboxylic acids is 2. The predicted molar refractivity (Wildman–Crippen MR) is 127 cm³/mol. The van der Waals surface area contributed by atoms with E-state index in [2.05, 4.69) is 0 Å². The van der Waals surface area contributed by atoms with Gasteiger partial charge in [-0.05, 0) is 91.8 Å². The highest BCUT2D eigenvalue weighted by Gasteiger charge is 2.35. The molecule has 1 saturated heterocycles. The number of halogens is 1. The highest BCUT2D eigenvalue weighted by molar-refractivity contribution is 8.18. The number of amides is 2. The number of hydrogen-bond donors (Lipinski definition) is 1. The number of carbonyl (C=O) groups is 2. The maximum Gasteiger partial charge on any atom is 0.293 e. The van der Waals surface area contributed by atoms with Crippen LogP contribution in [0.25, 0.3) is 11.8 Å². The summed E-state index contributed by atoms with van der Waals surface area (Å²) in [5.74, 6) is 0.498. The molecule has 0 saturated carbocycles. The summed E-state index contributed by atoms with van der Waals surface area (Å²) in [6.45, 7) is 4.28. The van der Waals surface area contributed by atoms with Crippen LogP contribution in [-0.4, -0.2) is 38.9 Å². The van der Waals surface area contributed by atoms with Gasteiger partial charge in [-0.15, -0.1) is 0 Å². The van der Waals surface area contributed by atoms with Gasteiger partial charge in [0.05, 0.1) is 11.4 Å². The van der Waals surface area contributed by atoms with Crippen LogP contribution in [0, 0.1) is 13.8 Å². The normalized spacial score (nSPS) is 15.1. The number of ether oxygens (including phenoxy) is 1. The molecule has 8 heteroatoms. The first-order valence-corrected chi connectivity index (χ1v) is 11.1. The summed E-state index contributed by atoms with van der Waals surface area (Å²) in [4.78, 5) is 26.8. The molecule has 4 rings (SSSR count). The van der Waals surface area contributed by atoms with Gasteiger partial charge in [0.25, 0.3) is 11.1 Å². The van der Waals surface area contributed by atoms with Crippen molar-refractivity contribution in [3.05, 3.63) is 81.5 Å². The average molecular weight is 469 g/mol. The number of hydrogen-bond acceptors (Lipinski definition) is 5. The highest BCUT2D eigenvalue weighted by atomic mass is 35.5. The van der Waals surface area contributed by atoms with Crippen LogP contribution in [0.1, 0.15) is 17.0 Å². The summed E-state index contributed by atoms with van der Waals surface area (Å²) in [7, 11) is 0. The van der Waals surface area contributed by atoms with Gasteiger partial charge in [0.2, 0.25) is 0 Å².